The van der Waals surface area contributed by atoms with Gasteiger partial charge in [0, 0.05) is 13.6 Å². The summed E-state index contributed by atoms with van der Waals surface area (Å²) in [5.41, 5.74) is 2.97. The molecule has 0 heterocycles. The summed E-state index contributed by atoms with van der Waals surface area (Å²) in [5.74, 6) is 0.256. The molecule has 0 saturated heterocycles. The molecule has 1 N–H and O–H groups in total. The third kappa shape index (κ3) is 5.51. The molecule has 0 aliphatic heterocycles. The van der Waals surface area contributed by atoms with E-state index in [-0.39, 0.29) is 11.8 Å². The summed E-state index contributed by atoms with van der Waals surface area (Å²) in [6, 6.07) is 24.4. The Balaban J connectivity index is 1.76. The van der Waals surface area contributed by atoms with Crippen LogP contribution in [-0.4, -0.2) is 25.0 Å². The van der Waals surface area contributed by atoms with Crippen molar-refractivity contribution in [2.24, 2.45) is 0 Å². The Morgan fingerprint density at radius 1 is 0.935 bits per heavy atom. The number of amides is 2. The van der Waals surface area contributed by atoms with Crippen LogP contribution in [0.15, 0.2) is 78.9 Å². The maximum Gasteiger partial charge on any atom is 0.267 e. The minimum absolute atomic E-state index is 0.200. The molecule has 0 spiro atoms. The molecule has 0 aliphatic rings. The number of nitrogens with one attached hydrogen (secondary N) is 1. The number of benzene rings is 3. The second kappa shape index (κ2) is 10.4. The highest BCUT2D eigenvalue weighted by atomic mass is 16.5. The van der Waals surface area contributed by atoms with Gasteiger partial charge in [-0.2, -0.15) is 0 Å². The van der Waals surface area contributed by atoms with Crippen molar-refractivity contribution in [1.29, 1.82) is 0 Å². The lowest BCUT2D eigenvalue weighted by Gasteiger charge is -2.26. The van der Waals surface area contributed by atoms with E-state index in [4.69, 9.17) is 4.74 Å². The molecule has 0 radical (unpaired) electrons. The summed E-state index contributed by atoms with van der Waals surface area (Å²) in [4.78, 5) is 27.6. The molecule has 1 unspecified atom stereocenters. The van der Waals surface area contributed by atoms with Crippen LogP contribution in [0.2, 0.25) is 0 Å². The number of hydrogen-bond acceptors (Lipinski definition) is 3. The first-order valence-corrected chi connectivity index (χ1v) is 10.4. The van der Waals surface area contributed by atoms with E-state index in [1.54, 1.807) is 25.2 Å². The van der Waals surface area contributed by atoms with Crippen LogP contribution in [0.25, 0.3) is 0 Å². The fourth-order valence-electron chi connectivity index (χ4n) is 3.32. The molecule has 3 rings (SSSR count). The van der Waals surface area contributed by atoms with Crippen LogP contribution >= 0.6 is 0 Å². The van der Waals surface area contributed by atoms with Crippen LogP contribution in [0.1, 0.15) is 34.8 Å². The van der Waals surface area contributed by atoms with Crippen LogP contribution in [-0.2, 0) is 11.3 Å². The zero-order chi connectivity index (χ0) is 22.2. The van der Waals surface area contributed by atoms with Gasteiger partial charge in [-0.1, -0.05) is 67.6 Å². The highest BCUT2D eigenvalue weighted by molar-refractivity contribution is 6.05. The number of aryl methyl sites for hydroxylation is 1. The fourth-order valence-corrected chi connectivity index (χ4v) is 3.32. The molecule has 3 aromatic rings. The number of para-hydroxylation sites is 2. The summed E-state index contributed by atoms with van der Waals surface area (Å²) in [5, 5.41) is 2.93. The second-order valence-corrected chi connectivity index (χ2v) is 7.36. The van der Waals surface area contributed by atoms with E-state index in [0.717, 1.165) is 11.1 Å². The molecular formula is C26H28N2O3. The average molecular weight is 417 g/mol. The highest BCUT2D eigenvalue weighted by Crippen LogP contribution is 2.23. The van der Waals surface area contributed by atoms with Crippen molar-refractivity contribution in [2.75, 3.05) is 11.9 Å². The van der Waals surface area contributed by atoms with Gasteiger partial charge in [0.05, 0.1) is 11.3 Å². The Bertz CT molecular complexity index is 1030. The molecule has 0 aliphatic carbocycles. The van der Waals surface area contributed by atoms with E-state index < -0.39 is 6.10 Å². The number of carbonyl (C=O) groups is 2. The number of likely N-dealkylation sites (N-methyl/N-ethyl adjacent to an activating group) is 1. The van der Waals surface area contributed by atoms with Gasteiger partial charge in [-0.25, -0.2) is 0 Å². The predicted molar refractivity (Wildman–Crippen MR) is 123 cm³/mol. The van der Waals surface area contributed by atoms with E-state index in [9.17, 15) is 9.59 Å². The van der Waals surface area contributed by atoms with E-state index in [0.29, 0.717) is 30.0 Å². The summed E-state index contributed by atoms with van der Waals surface area (Å²) in [6.07, 6.45) is -0.133. The lowest BCUT2D eigenvalue weighted by molar-refractivity contribution is -0.125. The van der Waals surface area contributed by atoms with Crippen LogP contribution in [0.5, 0.6) is 5.75 Å². The van der Waals surface area contributed by atoms with Gasteiger partial charge < -0.3 is 15.0 Å². The molecule has 0 fully saturated rings. The first-order chi connectivity index (χ1) is 15.0. The van der Waals surface area contributed by atoms with Crippen molar-refractivity contribution < 1.29 is 14.3 Å². The first kappa shape index (κ1) is 22.1. The zero-order valence-electron chi connectivity index (χ0n) is 18.2. The standard InChI is InChI=1S/C26H28N2O3/c1-4-23(31-24-17-11-8-12-19(24)2)26(30)28(3)22-16-10-9-15-21(22)25(29)27-18-20-13-6-5-7-14-20/h5-17,23H,4,18H2,1-3H3,(H,27,29). The third-order valence-electron chi connectivity index (χ3n) is 5.15. The number of anilines is 1. The van der Waals surface area contributed by atoms with Gasteiger partial charge in [0.25, 0.3) is 11.8 Å². The van der Waals surface area contributed by atoms with Gasteiger partial charge in [0.2, 0.25) is 0 Å². The van der Waals surface area contributed by atoms with Gasteiger partial charge in [-0.05, 0) is 42.7 Å². The Morgan fingerprint density at radius 2 is 1.58 bits per heavy atom. The van der Waals surface area contributed by atoms with Crippen molar-refractivity contribution in [3.63, 3.8) is 0 Å². The topological polar surface area (TPSA) is 58.6 Å². The van der Waals surface area contributed by atoms with Crippen LogP contribution < -0.4 is 15.0 Å². The lowest BCUT2D eigenvalue weighted by atomic mass is 10.1. The molecule has 1 atom stereocenters. The molecule has 0 saturated carbocycles. The van der Waals surface area contributed by atoms with E-state index in [1.165, 1.54) is 4.90 Å². The van der Waals surface area contributed by atoms with Crippen molar-refractivity contribution >= 4 is 17.5 Å². The van der Waals surface area contributed by atoms with Gasteiger partial charge >= 0.3 is 0 Å². The Kier molecular flexibility index (Phi) is 7.44. The Labute approximate surface area is 183 Å². The van der Waals surface area contributed by atoms with Crippen LogP contribution in [0.3, 0.4) is 0 Å². The third-order valence-corrected chi connectivity index (χ3v) is 5.15. The Morgan fingerprint density at radius 3 is 2.29 bits per heavy atom. The summed E-state index contributed by atoms with van der Waals surface area (Å²) >= 11 is 0. The molecular weight excluding hydrogens is 388 g/mol. The molecule has 31 heavy (non-hydrogen) atoms. The minimum Gasteiger partial charge on any atom is -0.480 e. The molecule has 160 valence electrons. The quantitative estimate of drug-likeness (QED) is 0.577. The summed E-state index contributed by atoms with van der Waals surface area (Å²) in [7, 11) is 1.68. The van der Waals surface area contributed by atoms with Crippen molar-refractivity contribution in [3.8, 4) is 5.75 Å². The zero-order valence-corrected chi connectivity index (χ0v) is 18.2. The van der Waals surface area contributed by atoms with Crippen molar-refractivity contribution in [1.82, 2.24) is 5.32 Å². The fraction of sp³-hybridized carbons (Fsp3) is 0.231. The normalized spacial score (nSPS) is 11.5. The average Bonchev–Trinajstić information content (AvgIpc) is 2.81. The molecule has 2 amide bonds. The summed E-state index contributed by atoms with van der Waals surface area (Å²) in [6.45, 7) is 4.27. The number of rotatable bonds is 8. The number of carbonyl (C=O) groups excluding carboxylic acids is 2. The van der Waals surface area contributed by atoms with E-state index >= 15 is 0 Å². The van der Waals surface area contributed by atoms with Crippen LogP contribution in [0.4, 0.5) is 5.69 Å². The van der Waals surface area contributed by atoms with Gasteiger partial charge in [0.1, 0.15) is 5.75 Å². The smallest absolute Gasteiger partial charge is 0.267 e. The maximum absolute atomic E-state index is 13.2. The SMILES string of the molecule is CCC(Oc1ccccc1C)C(=O)N(C)c1ccccc1C(=O)NCc1ccccc1. The largest absolute Gasteiger partial charge is 0.480 e. The van der Waals surface area contributed by atoms with Gasteiger partial charge in [-0.3, -0.25) is 9.59 Å². The molecule has 5 heteroatoms. The van der Waals surface area contributed by atoms with Gasteiger partial charge in [0.15, 0.2) is 6.10 Å². The number of nitrogens with zero attached hydrogens (tertiary/aromatic N) is 1. The second-order valence-electron chi connectivity index (χ2n) is 7.36. The number of hydrogen-bond donors (Lipinski definition) is 1. The maximum atomic E-state index is 13.2. The number of ether oxygens (including phenoxy) is 1. The molecule has 3 aromatic carbocycles. The first-order valence-electron chi connectivity index (χ1n) is 10.4. The molecule has 0 aromatic heterocycles. The van der Waals surface area contributed by atoms with Gasteiger partial charge in [-0.15, -0.1) is 0 Å². The predicted octanol–water partition coefficient (Wildman–Crippen LogP) is 4.75. The summed E-state index contributed by atoms with van der Waals surface area (Å²) < 4.78 is 6.01. The monoisotopic (exact) mass is 416 g/mol. The molecule has 5 nitrogen and oxygen atoms in total. The van der Waals surface area contributed by atoms with E-state index in [1.807, 2.05) is 74.5 Å². The van der Waals surface area contributed by atoms with Crippen molar-refractivity contribution in [3.05, 3.63) is 95.6 Å². The molecule has 0 bridgehead atoms. The van der Waals surface area contributed by atoms with Crippen molar-refractivity contribution in [2.45, 2.75) is 32.9 Å². The highest BCUT2D eigenvalue weighted by Gasteiger charge is 2.26. The van der Waals surface area contributed by atoms with Crippen LogP contribution in [0, 0.1) is 6.92 Å². The lowest BCUT2D eigenvalue weighted by Crippen LogP contribution is -2.40. The minimum atomic E-state index is -0.647. The van der Waals surface area contributed by atoms with E-state index in [2.05, 4.69) is 5.32 Å². The Hall–Kier alpha value is -3.60.